The second kappa shape index (κ2) is 9.42. The molecule has 0 spiro atoms. The number of amides is 1. The molecule has 0 aliphatic heterocycles. The number of carbonyl (C=O) groups is 1. The molecule has 2 aromatic carbocycles. The predicted octanol–water partition coefficient (Wildman–Crippen LogP) is 3.49. The number of benzene rings is 2. The Morgan fingerprint density at radius 2 is 1.93 bits per heavy atom. The first-order valence-corrected chi connectivity index (χ1v) is 9.58. The van der Waals surface area contributed by atoms with Crippen molar-refractivity contribution < 1.29 is 14.3 Å². The molecule has 2 aromatic rings. The van der Waals surface area contributed by atoms with E-state index in [0.717, 1.165) is 18.7 Å². The predicted molar refractivity (Wildman–Crippen MR) is 106 cm³/mol. The van der Waals surface area contributed by atoms with Gasteiger partial charge in [-0.15, -0.1) is 0 Å². The van der Waals surface area contributed by atoms with Crippen molar-refractivity contribution in [3.8, 4) is 11.5 Å². The highest BCUT2D eigenvalue weighted by molar-refractivity contribution is 5.94. The molecule has 0 aromatic heterocycles. The summed E-state index contributed by atoms with van der Waals surface area (Å²) in [4.78, 5) is 14.9. The van der Waals surface area contributed by atoms with Gasteiger partial charge in [0.05, 0.1) is 7.11 Å². The fraction of sp³-hybridized carbons (Fsp3) is 0.409. The molecule has 1 aliphatic rings. The Hall–Kier alpha value is -2.53. The first kappa shape index (κ1) is 19.2. The van der Waals surface area contributed by atoms with Crippen molar-refractivity contribution in [3.05, 3.63) is 59.7 Å². The van der Waals surface area contributed by atoms with Crippen molar-refractivity contribution in [2.75, 3.05) is 26.7 Å². The standard InChI is InChI=1S/C22H28N2O3/c1-3-24(19-10-11-19)14-13-23-22(25)18-9-12-20(21(15-18)26-2)27-16-17-7-5-4-6-8-17/h4-9,12,15,19H,3,10-11,13-14,16H2,1-2H3,(H,23,25). The molecule has 5 heteroatoms. The number of methoxy groups -OCH3 is 1. The molecule has 1 aliphatic carbocycles. The SMILES string of the molecule is CCN(CCNC(=O)c1ccc(OCc2ccccc2)c(OC)c1)C1CC1. The van der Waals surface area contributed by atoms with Crippen LogP contribution in [0.4, 0.5) is 0 Å². The number of hydrogen-bond acceptors (Lipinski definition) is 4. The summed E-state index contributed by atoms with van der Waals surface area (Å²) in [6.45, 7) is 5.19. The Balaban J connectivity index is 1.55. The fourth-order valence-electron chi connectivity index (χ4n) is 3.12. The van der Waals surface area contributed by atoms with Crippen LogP contribution in [0.5, 0.6) is 11.5 Å². The average Bonchev–Trinajstić information content (AvgIpc) is 3.55. The zero-order valence-corrected chi connectivity index (χ0v) is 16.1. The summed E-state index contributed by atoms with van der Waals surface area (Å²) in [6, 6.07) is 16.0. The van der Waals surface area contributed by atoms with Gasteiger partial charge in [0.25, 0.3) is 5.91 Å². The summed E-state index contributed by atoms with van der Waals surface area (Å²) in [5.41, 5.74) is 1.66. The summed E-state index contributed by atoms with van der Waals surface area (Å²) in [5.74, 6) is 1.10. The minimum Gasteiger partial charge on any atom is -0.493 e. The molecule has 27 heavy (non-hydrogen) atoms. The second-order valence-electron chi connectivity index (χ2n) is 6.76. The van der Waals surface area contributed by atoms with E-state index < -0.39 is 0 Å². The number of nitrogens with one attached hydrogen (secondary N) is 1. The molecule has 5 nitrogen and oxygen atoms in total. The molecule has 0 saturated heterocycles. The number of hydrogen-bond donors (Lipinski definition) is 1. The molecule has 1 fully saturated rings. The summed E-state index contributed by atoms with van der Waals surface area (Å²) < 4.78 is 11.3. The normalized spacial score (nSPS) is 13.4. The molecule has 3 rings (SSSR count). The lowest BCUT2D eigenvalue weighted by molar-refractivity contribution is 0.0947. The third kappa shape index (κ3) is 5.47. The van der Waals surface area contributed by atoms with E-state index in [2.05, 4.69) is 17.1 Å². The van der Waals surface area contributed by atoms with Crippen molar-refractivity contribution in [1.29, 1.82) is 0 Å². The highest BCUT2D eigenvalue weighted by Gasteiger charge is 2.27. The third-order valence-electron chi connectivity index (χ3n) is 4.82. The topological polar surface area (TPSA) is 50.8 Å². The van der Waals surface area contributed by atoms with Crippen LogP contribution in [0.1, 0.15) is 35.7 Å². The van der Waals surface area contributed by atoms with Crippen LogP contribution in [0.2, 0.25) is 0 Å². The molecule has 1 N–H and O–H groups in total. The molecule has 0 bridgehead atoms. The van der Waals surface area contributed by atoms with Crippen molar-refractivity contribution in [2.24, 2.45) is 0 Å². The van der Waals surface area contributed by atoms with Gasteiger partial charge in [0, 0.05) is 24.7 Å². The molecule has 0 heterocycles. The molecule has 0 atom stereocenters. The van der Waals surface area contributed by atoms with Crippen molar-refractivity contribution in [1.82, 2.24) is 10.2 Å². The van der Waals surface area contributed by atoms with Crippen LogP contribution in [-0.2, 0) is 6.61 Å². The zero-order chi connectivity index (χ0) is 19.1. The van der Waals surface area contributed by atoms with E-state index >= 15 is 0 Å². The zero-order valence-electron chi connectivity index (χ0n) is 16.1. The summed E-state index contributed by atoms with van der Waals surface area (Å²) >= 11 is 0. The van der Waals surface area contributed by atoms with Crippen LogP contribution in [0.25, 0.3) is 0 Å². The summed E-state index contributed by atoms with van der Waals surface area (Å²) in [6.07, 6.45) is 2.56. The largest absolute Gasteiger partial charge is 0.493 e. The second-order valence-corrected chi connectivity index (χ2v) is 6.76. The maximum atomic E-state index is 12.4. The van der Waals surface area contributed by atoms with Crippen molar-refractivity contribution >= 4 is 5.91 Å². The number of carbonyl (C=O) groups excluding carboxylic acids is 1. The number of nitrogens with zero attached hydrogens (tertiary/aromatic N) is 1. The highest BCUT2D eigenvalue weighted by atomic mass is 16.5. The Labute approximate surface area is 161 Å². The molecular weight excluding hydrogens is 340 g/mol. The van der Waals surface area contributed by atoms with E-state index in [0.29, 0.717) is 36.3 Å². The molecule has 0 radical (unpaired) electrons. The van der Waals surface area contributed by atoms with Gasteiger partial charge >= 0.3 is 0 Å². The molecule has 1 amide bonds. The quantitative estimate of drug-likeness (QED) is 0.697. The highest BCUT2D eigenvalue weighted by Crippen LogP contribution is 2.29. The lowest BCUT2D eigenvalue weighted by Crippen LogP contribution is -2.36. The van der Waals surface area contributed by atoms with E-state index in [9.17, 15) is 4.79 Å². The van der Waals surface area contributed by atoms with Gasteiger partial charge in [0.2, 0.25) is 0 Å². The van der Waals surface area contributed by atoms with E-state index in [1.54, 1.807) is 25.3 Å². The molecule has 144 valence electrons. The van der Waals surface area contributed by atoms with Gasteiger partial charge in [-0.3, -0.25) is 9.69 Å². The van der Waals surface area contributed by atoms with Crippen LogP contribution in [0.3, 0.4) is 0 Å². The smallest absolute Gasteiger partial charge is 0.251 e. The Morgan fingerprint density at radius 1 is 1.15 bits per heavy atom. The lowest BCUT2D eigenvalue weighted by atomic mass is 10.2. The van der Waals surface area contributed by atoms with Gasteiger partial charge < -0.3 is 14.8 Å². The molecule has 0 unspecified atom stereocenters. The fourth-order valence-corrected chi connectivity index (χ4v) is 3.12. The third-order valence-corrected chi connectivity index (χ3v) is 4.82. The monoisotopic (exact) mass is 368 g/mol. The first-order chi connectivity index (χ1) is 13.2. The van der Waals surface area contributed by atoms with Crippen molar-refractivity contribution in [2.45, 2.75) is 32.4 Å². The molecule has 1 saturated carbocycles. The minimum atomic E-state index is -0.0882. The van der Waals surface area contributed by atoms with Crippen LogP contribution in [0, 0.1) is 0 Å². The maximum Gasteiger partial charge on any atom is 0.251 e. The van der Waals surface area contributed by atoms with E-state index in [-0.39, 0.29) is 5.91 Å². The van der Waals surface area contributed by atoms with Crippen LogP contribution < -0.4 is 14.8 Å². The van der Waals surface area contributed by atoms with Gasteiger partial charge in [-0.2, -0.15) is 0 Å². The van der Waals surface area contributed by atoms with Gasteiger partial charge in [-0.05, 0) is 43.1 Å². The number of rotatable bonds is 10. The van der Waals surface area contributed by atoms with Gasteiger partial charge in [-0.1, -0.05) is 37.3 Å². The number of likely N-dealkylation sites (N-methyl/N-ethyl adjacent to an activating group) is 1. The maximum absolute atomic E-state index is 12.4. The minimum absolute atomic E-state index is 0.0882. The van der Waals surface area contributed by atoms with E-state index in [1.165, 1.54) is 12.8 Å². The van der Waals surface area contributed by atoms with E-state index in [1.807, 2.05) is 30.3 Å². The van der Waals surface area contributed by atoms with Gasteiger partial charge in [-0.25, -0.2) is 0 Å². The average molecular weight is 368 g/mol. The Morgan fingerprint density at radius 3 is 2.59 bits per heavy atom. The van der Waals surface area contributed by atoms with Crippen LogP contribution in [-0.4, -0.2) is 43.6 Å². The lowest BCUT2D eigenvalue weighted by Gasteiger charge is -2.19. The summed E-state index contributed by atoms with van der Waals surface area (Å²) in [7, 11) is 1.58. The first-order valence-electron chi connectivity index (χ1n) is 9.58. The van der Waals surface area contributed by atoms with E-state index in [4.69, 9.17) is 9.47 Å². The number of ether oxygens (including phenoxy) is 2. The Kier molecular flexibility index (Phi) is 6.71. The van der Waals surface area contributed by atoms with Gasteiger partial charge in [0.1, 0.15) is 6.61 Å². The van der Waals surface area contributed by atoms with Crippen LogP contribution in [0.15, 0.2) is 48.5 Å². The molecular formula is C22H28N2O3. The Bertz CT molecular complexity index is 744. The van der Waals surface area contributed by atoms with Crippen LogP contribution >= 0.6 is 0 Å². The van der Waals surface area contributed by atoms with Gasteiger partial charge in [0.15, 0.2) is 11.5 Å². The summed E-state index contributed by atoms with van der Waals surface area (Å²) in [5, 5.41) is 3.00. The van der Waals surface area contributed by atoms with Crippen molar-refractivity contribution in [3.63, 3.8) is 0 Å².